The Morgan fingerprint density at radius 2 is 2.20 bits per heavy atom. The summed E-state index contributed by atoms with van der Waals surface area (Å²) in [5.41, 5.74) is 5.53. The second-order valence-corrected chi connectivity index (χ2v) is 3.75. The Labute approximate surface area is 90.2 Å². The molecule has 1 atom stereocenters. The van der Waals surface area contributed by atoms with Gasteiger partial charge in [0.05, 0.1) is 11.8 Å². The van der Waals surface area contributed by atoms with Crippen LogP contribution in [0, 0.1) is 5.82 Å². The van der Waals surface area contributed by atoms with Crippen LogP contribution in [0.2, 0.25) is 0 Å². The summed E-state index contributed by atoms with van der Waals surface area (Å²) < 4.78 is 18.6. The molecule has 15 heavy (non-hydrogen) atoms. The summed E-state index contributed by atoms with van der Waals surface area (Å²) in [7, 11) is 0. The largest absolute Gasteiger partial charge is 0.491 e. The molecule has 0 aromatic heterocycles. The van der Waals surface area contributed by atoms with Crippen molar-refractivity contribution < 1.29 is 9.13 Å². The van der Waals surface area contributed by atoms with Gasteiger partial charge in [-0.1, -0.05) is 19.8 Å². The molecule has 1 unspecified atom stereocenters. The maximum Gasteiger partial charge on any atom is 0.149 e. The molecule has 0 saturated carbocycles. The molecule has 0 bridgehead atoms. The number of unbranched alkanes of at least 4 members (excludes halogenated alkanes) is 1. The molecule has 0 amide bonds. The number of hydrogen-bond donors (Lipinski definition) is 1. The number of benzene rings is 1. The van der Waals surface area contributed by atoms with Gasteiger partial charge in [0, 0.05) is 6.07 Å². The molecule has 2 N–H and O–H groups in total. The van der Waals surface area contributed by atoms with Gasteiger partial charge in [-0.25, -0.2) is 4.39 Å². The van der Waals surface area contributed by atoms with Crippen LogP contribution in [0.25, 0.3) is 0 Å². The van der Waals surface area contributed by atoms with Crippen molar-refractivity contribution in [2.45, 2.75) is 39.2 Å². The van der Waals surface area contributed by atoms with Crippen molar-refractivity contribution in [3.05, 3.63) is 24.0 Å². The van der Waals surface area contributed by atoms with Crippen LogP contribution in [0.4, 0.5) is 10.1 Å². The topological polar surface area (TPSA) is 35.2 Å². The highest BCUT2D eigenvalue weighted by atomic mass is 19.1. The van der Waals surface area contributed by atoms with Crippen molar-refractivity contribution >= 4 is 5.69 Å². The second-order valence-electron chi connectivity index (χ2n) is 3.75. The third-order valence-electron chi connectivity index (χ3n) is 2.27. The van der Waals surface area contributed by atoms with Gasteiger partial charge in [0.1, 0.15) is 11.6 Å². The molecule has 0 aliphatic carbocycles. The third-order valence-corrected chi connectivity index (χ3v) is 2.27. The molecule has 1 aromatic carbocycles. The van der Waals surface area contributed by atoms with Crippen LogP contribution in [0.15, 0.2) is 18.2 Å². The molecule has 84 valence electrons. The van der Waals surface area contributed by atoms with Gasteiger partial charge in [0.2, 0.25) is 0 Å². The minimum Gasteiger partial charge on any atom is -0.491 e. The lowest BCUT2D eigenvalue weighted by Crippen LogP contribution is -2.11. The molecule has 2 nitrogen and oxygen atoms in total. The first kappa shape index (κ1) is 11.8. The first-order valence-electron chi connectivity index (χ1n) is 5.35. The van der Waals surface area contributed by atoms with Crippen LogP contribution >= 0.6 is 0 Å². The van der Waals surface area contributed by atoms with Gasteiger partial charge in [0.25, 0.3) is 0 Å². The number of hydrogen-bond acceptors (Lipinski definition) is 2. The average Bonchev–Trinajstić information content (AvgIpc) is 2.20. The van der Waals surface area contributed by atoms with Crippen LogP contribution in [-0.4, -0.2) is 6.10 Å². The van der Waals surface area contributed by atoms with Gasteiger partial charge in [-0.05, 0) is 25.5 Å². The minimum atomic E-state index is -0.421. The van der Waals surface area contributed by atoms with Gasteiger partial charge in [0.15, 0.2) is 0 Å². The Morgan fingerprint density at radius 3 is 2.80 bits per heavy atom. The highest BCUT2D eigenvalue weighted by molar-refractivity contribution is 5.43. The van der Waals surface area contributed by atoms with E-state index in [-0.39, 0.29) is 11.8 Å². The Balaban J connectivity index is 2.53. The van der Waals surface area contributed by atoms with E-state index in [9.17, 15) is 4.39 Å². The quantitative estimate of drug-likeness (QED) is 0.758. The maximum absolute atomic E-state index is 13.1. The zero-order valence-corrected chi connectivity index (χ0v) is 9.29. The number of anilines is 1. The Hall–Kier alpha value is -1.25. The molecule has 3 heteroatoms. The van der Waals surface area contributed by atoms with Crippen molar-refractivity contribution in [2.24, 2.45) is 0 Å². The molecule has 0 fully saturated rings. The monoisotopic (exact) mass is 211 g/mol. The Morgan fingerprint density at radius 1 is 1.47 bits per heavy atom. The van der Waals surface area contributed by atoms with E-state index in [0.717, 1.165) is 19.3 Å². The predicted molar refractivity (Wildman–Crippen MR) is 60.4 cm³/mol. The number of nitrogens with two attached hydrogens (primary N) is 1. The van der Waals surface area contributed by atoms with Gasteiger partial charge < -0.3 is 10.5 Å². The van der Waals surface area contributed by atoms with Crippen molar-refractivity contribution in [3.63, 3.8) is 0 Å². The van der Waals surface area contributed by atoms with Crippen molar-refractivity contribution in [2.75, 3.05) is 5.73 Å². The highest BCUT2D eigenvalue weighted by Crippen LogP contribution is 2.20. The van der Waals surface area contributed by atoms with Crippen LogP contribution in [0.5, 0.6) is 5.75 Å². The molecule has 0 aliphatic heterocycles. The first-order valence-corrected chi connectivity index (χ1v) is 5.35. The SMILES string of the molecule is CCCCC(C)Oc1ccc(N)c(F)c1. The number of halogens is 1. The summed E-state index contributed by atoms with van der Waals surface area (Å²) in [4.78, 5) is 0. The third kappa shape index (κ3) is 3.78. The molecule has 0 saturated heterocycles. The van der Waals surface area contributed by atoms with Gasteiger partial charge in [-0.2, -0.15) is 0 Å². The fourth-order valence-electron chi connectivity index (χ4n) is 1.36. The van der Waals surface area contributed by atoms with E-state index >= 15 is 0 Å². The zero-order chi connectivity index (χ0) is 11.3. The molecule has 1 aromatic rings. The number of rotatable bonds is 5. The van der Waals surface area contributed by atoms with Gasteiger partial charge in [-0.3, -0.25) is 0 Å². The predicted octanol–water partition coefficient (Wildman–Crippen LogP) is 3.37. The lowest BCUT2D eigenvalue weighted by atomic mass is 10.2. The van der Waals surface area contributed by atoms with Crippen LogP contribution in [-0.2, 0) is 0 Å². The molecule has 1 rings (SSSR count). The average molecular weight is 211 g/mol. The van der Waals surface area contributed by atoms with Crippen LogP contribution in [0.3, 0.4) is 0 Å². The van der Waals surface area contributed by atoms with E-state index in [0.29, 0.717) is 5.75 Å². The van der Waals surface area contributed by atoms with Crippen LogP contribution < -0.4 is 10.5 Å². The lowest BCUT2D eigenvalue weighted by molar-refractivity contribution is 0.207. The van der Waals surface area contributed by atoms with Crippen molar-refractivity contribution in [3.8, 4) is 5.75 Å². The van der Waals surface area contributed by atoms with E-state index in [4.69, 9.17) is 10.5 Å². The zero-order valence-electron chi connectivity index (χ0n) is 9.29. The highest BCUT2D eigenvalue weighted by Gasteiger charge is 2.05. The standard InChI is InChI=1S/C12H18FNO/c1-3-4-5-9(2)15-10-6-7-12(14)11(13)8-10/h6-9H,3-5,14H2,1-2H3. The van der Waals surface area contributed by atoms with Gasteiger partial charge >= 0.3 is 0 Å². The second kappa shape index (κ2) is 5.59. The fourth-order valence-corrected chi connectivity index (χ4v) is 1.36. The smallest absolute Gasteiger partial charge is 0.149 e. The Kier molecular flexibility index (Phi) is 4.40. The van der Waals surface area contributed by atoms with E-state index in [1.807, 2.05) is 6.92 Å². The van der Waals surface area contributed by atoms with E-state index < -0.39 is 5.82 Å². The molecular weight excluding hydrogens is 193 g/mol. The van der Waals surface area contributed by atoms with E-state index in [1.54, 1.807) is 6.07 Å². The summed E-state index contributed by atoms with van der Waals surface area (Å²) >= 11 is 0. The summed E-state index contributed by atoms with van der Waals surface area (Å²) in [6, 6.07) is 4.55. The van der Waals surface area contributed by atoms with E-state index in [1.165, 1.54) is 12.1 Å². The molecule has 0 heterocycles. The maximum atomic E-state index is 13.1. The number of ether oxygens (including phenoxy) is 1. The summed E-state index contributed by atoms with van der Waals surface area (Å²) in [6.07, 6.45) is 3.37. The van der Waals surface area contributed by atoms with Crippen LogP contribution in [0.1, 0.15) is 33.1 Å². The summed E-state index contributed by atoms with van der Waals surface area (Å²) in [6.45, 7) is 4.12. The normalized spacial score (nSPS) is 12.5. The number of nitrogen functional groups attached to an aromatic ring is 1. The molecule has 0 aliphatic rings. The summed E-state index contributed by atoms with van der Waals surface area (Å²) in [5, 5.41) is 0. The molecule has 0 spiro atoms. The van der Waals surface area contributed by atoms with Gasteiger partial charge in [-0.15, -0.1) is 0 Å². The fraction of sp³-hybridized carbons (Fsp3) is 0.500. The minimum absolute atomic E-state index is 0.118. The molecule has 0 radical (unpaired) electrons. The lowest BCUT2D eigenvalue weighted by Gasteiger charge is -2.14. The molecular formula is C12H18FNO. The Bertz CT molecular complexity index is 314. The van der Waals surface area contributed by atoms with Crippen molar-refractivity contribution in [1.82, 2.24) is 0 Å². The van der Waals surface area contributed by atoms with Crippen molar-refractivity contribution in [1.29, 1.82) is 0 Å². The summed E-state index contributed by atoms with van der Waals surface area (Å²) in [5.74, 6) is 0.125. The first-order chi connectivity index (χ1) is 7.13. The van der Waals surface area contributed by atoms with E-state index in [2.05, 4.69) is 6.92 Å².